The van der Waals surface area contributed by atoms with Crippen molar-refractivity contribution in [2.75, 3.05) is 19.1 Å². The third-order valence-corrected chi connectivity index (χ3v) is 5.97. The molecule has 0 radical (unpaired) electrons. The second kappa shape index (κ2) is 7.94. The van der Waals surface area contributed by atoms with Crippen molar-refractivity contribution in [1.29, 1.82) is 0 Å². The Morgan fingerprint density at radius 2 is 1.73 bits per heavy atom. The molecule has 0 saturated carbocycles. The van der Waals surface area contributed by atoms with E-state index in [0.717, 1.165) is 6.07 Å². The fraction of sp³-hybridized carbons (Fsp3) is 0.120. The topological polar surface area (TPSA) is 69.0 Å². The summed E-state index contributed by atoms with van der Waals surface area (Å²) in [5, 5.41) is 0.369. The molecular weight excluding hydrogens is 449 g/mol. The molecule has 0 spiro atoms. The van der Waals surface area contributed by atoms with E-state index in [1.807, 2.05) is 0 Å². The first-order valence-electron chi connectivity index (χ1n) is 10.00. The summed E-state index contributed by atoms with van der Waals surface area (Å²) in [7, 11) is 3.04. The molecular formula is C25H17ClFNO5. The van der Waals surface area contributed by atoms with Gasteiger partial charge in [-0.2, -0.15) is 0 Å². The molecule has 166 valence electrons. The average molecular weight is 466 g/mol. The minimum Gasteiger partial charge on any atom is -0.497 e. The Kier molecular flexibility index (Phi) is 5.06. The number of nitrogens with zero attached hydrogens (tertiary/aromatic N) is 1. The second-order valence-corrected chi connectivity index (χ2v) is 7.89. The number of carbonyl (C=O) groups excluding carboxylic acids is 1. The number of anilines is 1. The molecule has 3 aromatic carbocycles. The van der Waals surface area contributed by atoms with Gasteiger partial charge in [-0.3, -0.25) is 14.5 Å². The van der Waals surface area contributed by atoms with Crippen LogP contribution in [0.4, 0.5) is 10.1 Å². The van der Waals surface area contributed by atoms with Gasteiger partial charge in [-0.25, -0.2) is 4.39 Å². The second-order valence-electron chi connectivity index (χ2n) is 7.48. The van der Waals surface area contributed by atoms with E-state index in [1.54, 1.807) is 49.6 Å². The highest BCUT2D eigenvalue weighted by Gasteiger charge is 2.43. The predicted molar refractivity (Wildman–Crippen MR) is 122 cm³/mol. The molecule has 0 aliphatic carbocycles. The van der Waals surface area contributed by atoms with Crippen LogP contribution in [0.15, 0.2) is 69.9 Å². The van der Waals surface area contributed by atoms with Crippen molar-refractivity contribution in [2.24, 2.45) is 0 Å². The molecule has 6 nitrogen and oxygen atoms in total. The van der Waals surface area contributed by atoms with Crippen molar-refractivity contribution in [3.05, 3.63) is 98.6 Å². The van der Waals surface area contributed by atoms with Crippen molar-refractivity contribution < 1.29 is 23.1 Å². The van der Waals surface area contributed by atoms with Crippen molar-refractivity contribution in [3.63, 3.8) is 0 Å². The van der Waals surface area contributed by atoms with Gasteiger partial charge in [0.25, 0.3) is 5.91 Å². The summed E-state index contributed by atoms with van der Waals surface area (Å²) in [5.41, 5.74) is 0.902. The largest absolute Gasteiger partial charge is 0.497 e. The van der Waals surface area contributed by atoms with Crippen LogP contribution in [0.5, 0.6) is 11.5 Å². The van der Waals surface area contributed by atoms with Crippen LogP contribution < -0.4 is 19.8 Å². The van der Waals surface area contributed by atoms with E-state index in [1.165, 1.54) is 24.1 Å². The molecule has 4 aromatic rings. The molecule has 1 aliphatic heterocycles. The standard InChI is InChI=1S/C25H17ClFNO5/c1-31-16-7-3-13(4-8-16)22-21-23(29)17-11-14(27)5-9-19(17)33-24(21)25(30)28(22)15-6-10-20(32-2)18(26)12-15/h3-12,22H,1-2H3. The van der Waals surface area contributed by atoms with Gasteiger partial charge in [0.15, 0.2) is 5.43 Å². The summed E-state index contributed by atoms with van der Waals surface area (Å²) < 4.78 is 30.2. The molecule has 1 unspecified atom stereocenters. The van der Waals surface area contributed by atoms with E-state index in [9.17, 15) is 14.0 Å². The molecule has 1 aromatic heterocycles. The Labute approximate surface area is 192 Å². The molecule has 1 amide bonds. The maximum Gasteiger partial charge on any atom is 0.295 e. The number of carbonyl (C=O) groups is 1. The lowest BCUT2D eigenvalue weighted by Gasteiger charge is -2.25. The van der Waals surface area contributed by atoms with Crippen LogP contribution >= 0.6 is 11.6 Å². The molecule has 0 bridgehead atoms. The highest BCUT2D eigenvalue weighted by molar-refractivity contribution is 6.32. The number of hydrogen-bond acceptors (Lipinski definition) is 5. The summed E-state index contributed by atoms with van der Waals surface area (Å²) in [4.78, 5) is 28.5. The number of amides is 1. The van der Waals surface area contributed by atoms with Gasteiger partial charge in [0.05, 0.1) is 36.2 Å². The predicted octanol–water partition coefficient (Wildman–Crippen LogP) is 5.35. The maximum atomic E-state index is 13.9. The Hall–Kier alpha value is -3.84. The lowest BCUT2D eigenvalue weighted by molar-refractivity contribution is 0.0971. The van der Waals surface area contributed by atoms with Gasteiger partial charge >= 0.3 is 0 Å². The first kappa shape index (κ1) is 21.0. The van der Waals surface area contributed by atoms with E-state index >= 15 is 0 Å². The SMILES string of the molecule is COc1ccc(C2c3c(oc4ccc(F)cc4c3=O)C(=O)N2c2ccc(OC)c(Cl)c2)cc1. The number of hydrogen-bond donors (Lipinski definition) is 0. The number of methoxy groups -OCH3 is 2. The third kappa shape index (κ3) is 3.32. The molecule has 5 rings (SSSR count). The molecule has 0 fully saturated rings. The van der Waals surface area contributed by atoms with E-state index in [2.05, 4.69) is 0 Å². The van der Waals surface area contributed by atoms with Gasteiger partial charge in [-0.05, 0) is 54.1 Å². The quantitative estimate of drug-likeness (QED) is 0.406. The number of halogens is 2. The molecule has 1 aliphatic rings. The van der Waals surface area contributed by atoms with Crippen LogP contribution in [-0.4, -0.2) is 20.1 Å². The summed E-state index contributed by atoms with van der Waals surface area (Å²) >= 11 is 6.33. The molecule has 8 heteroatoms. The van der Waals surface area contributed by atoms with Crippen molar-refractivity contribution >= 4 is 34.2 Å². The maximum absolute atomic E-state index is 13.9. The minimum absolute atomic E-state index is 0.0645. The summed E-state index contributed by atoms with van der Waals surface area (Å²) in [6, 6.07) is 14.7. The zero-order valence-electron chi connectivity index (χ0n) is 17.6. The van der Waals surface area contributed by atoms with Gasteiger partial charge in [0, 0.05) is 5.69 Å². The smallest absolute Gasteiger partial charge is 0.295 e. The molecule has 33 heavy (non-hydrogen) atoms. The van der Waals surface area contributed by atoms with Crippen LogP contribution in [-0.2, 0) is 0 Å². The van der Waals surface area contributed by atoms with E-state index in [4.69, 9.17) is 25.5 Å². The molecule has 1 atom stereocenters. The zero-order chi connectivity index (χ0) is 23.3. The van der Waals surface area contributed by atoms with Gasteiger partial charge in [-0.1, -0.05) is 23.7 Å². The Bertz CT molecular complexity index is 1460. The molecule has 0 saturated heterocycles. The van der Waals surface area contributed by atoms with Gasteiger partial charge in [0.2, 0.25) is 5.76 Å². The van der Waals surface area contributed by atoms with E-state index in [-0.39, 0.29) is 22.3 Å². The average Bonchev–Trinajstić information content (AvgIpc) is 3.12. The minimum atomic E-state index is -0.813. The lowest BCUT2D eigenvalue weighted by atomic mass is 9.98. The van der Waals surface area contributed by atoms with Crippen LogP contribution in [0.1, 0.15) is 27.7 Å². The van der Waals surface area contributed by atoms with Crippen molar-refractivity contribution in [1.82, 2.24) is 0 Å². The summed E-state index contributed by atoms with van der Waals surface area (Å²) in [6.45, 7) is 0. The fourth-order valence-electron chi connectivity index (χ4n) is 4.12. The summed E-state index contributed by atoms with van der Waals surface area (Å²) in [5.74, 6) is -0.1000. The van der Waals surface area contributed by atoms with E-state index < -0.39 is 23.2 Å². The monoisotopic (exact) mass is 465 g/mol. The zero-order valence-corrected chi connectivity index (χ0v) is 18.4. The number of fused-ring (bicyclic) bond motifs is 2. The Morgan fingerprint density at radius 3 is 2.39 bits per heavy atom. The normalized spacial score (nSPS) is 15.1. The van der Waals surface area contributed by atoms with Crippen LogP contribution in [0.25, 0.3) is 11.0 Å². The van der Waals surface area contributed by atoms with Gasteiger partial charge in [-0.15, -0.1) is 0 Å². The Morgan fingerprint density at radius 1 is 0.970 bits per heavy atom. The summed E-state index contributed by atoms with van der Waals surface area (Å²) in [6.07, 6.45) is 0. The first-order chi connectivity index (χ1) is 15.9. The Balaban J connectivity index is 1.78. The van der Waals surface area contributed by atoms with Crippen LogP contribution in [0.2, 0.25) is 5.02 Å². The molecule has 2 heterocycles. The van der Waals surface area contributed by atoms with E-state index in [0.29, 0.717) is 27.8 Å². The first-order valence-corrected chi connectivity index (χ1v) is 10.4. The van der Waals surface area contributed by atoms with Gasteiger partial charge < -0.3 is 13.9 Å². The fourth-order valence-corrected chi connectivity index (χ4v) is 4.37. The van der Waals surface area contributed by atoms with Crippen LogP contribution in [0, 0.1) is 5.82 Å². The molecule has 0 N–H and O–H groups in total. The van der Waals surface area contributed by atoms with Crippen molar-refractivity contribution in [2.45, 2.75) is 6.04 Å². The third-order valence-electron chi connectivity index (χ3n) is 5.68. The lowest BCUT2D eigenvalue weighted by Crippen LogP contribution is -2.29. The number of ether oxygens (including phenoxy) is 2. The number of rotatable bonds is 4. The highest BCUT2D eigenvalue weighted by atomic mass is 35.5. The van der Waals surface area contributed by atoms with Crippen molar-refractivity contribution in [3.8, 4) is 11.5 Å². The van der Waals surface area contributed by atoms with Crippen LogP contribution in [0.3, 0.4) is 0 Å². The highest BCUT2D eigenvalue weighted by Crippen LogP contribution is 2.43. The number of benzene rings is 3. The van der Waals surface area contributed by atoms with Gasteiger partial charge in [0.1, 0.15) is 22.9 Å².